The Morgan fingerprint density at radius 2 is 1.86 bits per heavy atom. The molecule has 0 spiro atoms. The molecule has 0 unspecified atom stereocenters. The number of halogens is 3. The first-order valence-electron chi connectivity index (χ1n) is 6.14. The summed E-state index contributed by atoms with van der Waals surface area (Å²) in [5.41, 5.74) is 0.0129. The normalized spacial score (nSPS) is 11.8. The smallest absolute Gasteiger partial charge is 0.265 e. The molecule has 0 saturated heterocycles. The molecular weight excluding hydrogens is 300 g/mol. The molecule has 0 radical (unpaired) electrons. The first kappa shape index (κ1) is 15.3. The third kappa shape index (κ3) is 4.16. The molecule has 0 fully saturated rings. The van der Waals surface area contributed by atoms with E-state index in [2.05, 4.69) is 5.32 Å². The van der Waals surface area contributed by atoms with Gasteiger partial charge in [0, 0.05) is 5.02 Å². The van der Waals surface area contributed by atoms with Crippen LogP contribution in [0.5, 0.6) is 5.75 Å². The fraction of sp³-hybridized carbons (Fsp3) is 0.133. The van der Waals surface area contributed by atoms with Gasteiger partial charge in [-0.3, -0.25) is 4.79 Å². The molecule has 6 heteroatoms. The minimum Gasteiger partial charge on any atom is -0.481 e. The Bertz CT molecular complexity index is 647. The van der Waals surface area contributed by atoms with E-state index >= 15 is 0 Å². The van der Waals surface area contributed by atoms with Gasteiger partial charge in [0.05, 0.1) is 5.69 Å². The van der Waals surface area contributed by atoms with Crippen LogP contribution in [0.3, 0.4) is 0 Å². The summed E-state index contributed by atoms with van der Waals surface area (Å²) in [7, 11) is 0. The van der Waals surface area contributed by atoms with Crippen molar-refractivity contribution < 1.29 is 18.3 Å². The first-order chi connectivity index (χ1) is 9.95. The number of hydrogen-bond donors (Lipinski definition) is 1. The Labute approximate surface area is 125 Å². The monoisotopic (exact) mass is 311 g/mol. The average molecular weight is 312 g/mol. The number of anilines is 1. The minimum absolute atomic E-state index is 0.0129. The lowest BCUT2D eigenvalue weighted by Crippen LogP contribution is -2.30. The fourth-order valence-electron chi connectivity index (χ4n) is 1.60. The van der Waals surface area contributed by atoms with E-state index in [9.17, 15) is 13.6 Å². The number of benzene rings is 2. The summed E-state index contributed by atoms with van der Waals surface area (Å²) >= 11 is 5.63. The number of hydrogen-bond acceptors (Lipinski definition) is 2. The molecular formula is C15H12ClF2NO2. The fourth-order valence-corrected chi connectivity index (χ4v) is 1.75. The van der Waals surface area contributed by atoms with Crippen LogP contribution in [-0.4, -0.2) is 12.0 Å². The molecule has 2 aromatic rings. The number of ether oxygens (including phenoxy) is 1. The number of carbonyl (C=O) groups is 1. The van der Waals surface area contributed by atoms with Gasteiger partial charge in [-0.15, -0.1) is 0 Å². The molecule has 0 heterocycles. The van der Waals surface area contributed by atoms with E-state index in [0.29, 0.717) is 5.75 Å². The molecule has 2 aromatic carbocycles. The van der Waals surface area contributed by atoms with Gasteiger partial charge in [-0.25, -0.2) is 8.78 Å². The van der Waals surface area contributed by atoms with Crippen LogP contribution in [0.25, 0.3) is 0 Å². The van der Waals surface area contributed by atoms with Crippen LogP contribution in [0.1, 0.15) is 6.92 Å². The second-order valence-corrected chi connectivity index (χ2v) is 4.76. The van der Waals surface area contributed by atoms with Gasteiger partial charge >= 0.3 is 0 Å². The van der Waals surface area contributed by atoms with Crippen molar-refractivity contribution >= 4 is 23.2 Å². The average Bonchev–Trinajstić information content (AvgIpc) is 2.44. The second-order valence-electron chi connectivity index (χ2n) is 4.33. The van der Waals surface area contributed by atoms with Crippen LogP contribution in [0, 0.1) is 11.6 Å². The summed E-state index contributed by atoms with van der Waals surface area (Å²) in [6, 6.07) is 9.18. The van der Waals surface area contributed by atoms with Crippen LogP contribution in [-0.2, 0) is 4.79 Å². The maximum absolute atomic E-state index is 13.6. The van der Waals surface area contributed by atoms with Gasteiger partial charge in [-0.2, -0.15) is 0 Å². The molecule has 1 amide bonds. The molecule has 2 rings (SSSR count). The van der Waals surface area contributed by atoms with E-state index in [1.807, 2.05) is 0 Å². The summed E-state index contributed by atoms with van der Waals surface area (Å²) in [6.07, 6.45) is -0.870. The Hall–Kier alpha value is -2.14. The Kier molecular flexibility index (Phi) is 4.75. The molecule has 0 bridgehead atoms. The van der Waals surface area contributed by atoms with Gasteiger partial charge in [0.15, 0.2) is 6.10 Å². The van der Waals surface area contributed by atoms with E-state index < -0.39 is 23.6 Å². The first-order valence-corrected chi connectivity index (χ1v) is 6.51. The van der Waals surface area contributed by atoms with Crippen molar-refractivity contribution in [1.82, 2.24) is 0 Å². The zero-order valence-corrected chi connectivity index (χ0v) is 11.8. The highest BCUT2D eigenvalue weighted by Crippen LogP contribution is 2.19. The number of amides is 1. The van der Waals surface area contributed by atoms with E-state index in [-0.39, 0.29) is 10.7 Å². The predicted octanol–water partition coefficient (Wildman–Crippen LogP) is 4.02. The molecule has 21 heavy (non-hydrogen) atoms. The maximum Gasteiger partial charge on any atom is 0.265 e. The summed E-state index contributed by atoms with van der Waals surface area (Å²) < 4.78 is 31.7. The van der Waals surface area contributed by atoms with Crippen LogP contribution in [0.4, 0.5) is 14.5 Å². The van der Waals surface area contributed by atoms with Crippen LogP contribution in [0.15, 0.2) is 42.5 Å². The topological polar surface area (TPSA) is 38.3 Å². The number of rotatable bonds is 4. The van der Waals surface area contributed by atoms with Crippen molar-refractivity contribution in [3.8, 4) is 5.75 Å². The van der Waals surface area contributed by atoms with E-state index in [1.165, 1.54) is 43.3 Å². The van der Waals surface area contributed by atoms with Gasteiger partial charge in [0.2, 0.25) is 0 Å². The van der Waals surface area contributed by atoms with Gasteiger partial charge in [0.1, 0.15) is 17.4 Å². The lowest BCUT2D eigenvalue weighted by molar-refractivity contribution is -0.122. The lowest BCUT2D eigenvalue weighted by Gasteiger charge is -2.15. The van der Waals surface area contributed by atoms with Crippen LogP contribution in [0.2, 0.25) is 5.02 Å². The molecule has 0 aliphatic rings. The molecule has 3 nitrogen and oxygen atoms in total. The van der Waals surface area contributed by atoms with Gasteiger partial charge < -0.3 is 10.1 Å². The Morgan fingerprint density at radius 3 is 2.48 bits per heavy atom. The quantitative estimate of drug-likeness (QED) is 0.926. The Balaban J connectivity index is 2.00. The summed E-state index contributed by atoms with van der Waals surface area (Å²) in [6.45, 7) is 1.51. The summed E-state index contributed by atoms with van der Waals surface area (Å²) in [5.74, 6) is -1.22. The van der Waals surface area contributed by atoms with Gasteiger partial charge in [-0.1, -0.05) is 11.6 Å². The third-order valence-electron chi connectivity index (χ3n) is 2.68. The van der Waals surface area contributed by atoms with E-state index in [4.69, 9.17) is 16.3 Å². The van der Waals surface area contributed by atoms with Crippen molar-refractivity contribution in [3.05, 3.63) is 59.1 Å². The van der Waals surface area contributed by atoms with Crippen molar-refractivity contribution in [3.63, 3.8) is 0 Å². The zero-order chi connectivity index (χ0) is 15.4. The largest absolute Gasteiger partial charge is 0.481 e. The molecule has 1 N–H and O–H groups in total. The molecule has 110 valence electrons. The van der Waals surface area contributed by atoms with Crippen LogP contribution >= 0.6 is 11.6 Å². The van der Waals surface area contributed by atoms with E-state index in [1.54, 1.807) is 0 Å². The Morgan fingerprint density at radius 1 is 1.19 bits per heavy atom. The highest BCUT2D eigenvalue weighted by Gasteiger charge is 2.16. The SMILES string of the molecule is C[C@H](Oc1ccc(F)cc1)C(=O)Nc1ccc(Cl)cc1F. The van der Waals surface area contributed by atoms with Gasteiger partial charge in [-0.05, 0) is 49.4 Å². The van der Waals surface area contributed by atoms with Crippen molar-refractivity contribution in [2.24, 2.45) is 0 Å². The molecule has 0 saturated carbocycles. The third-order valence-corrected chi connectivity index (χ3v) is 2.92. The standard InChI is InChI=1S/C15H12ClF2NO2/c1-9(21-12-5-3-11(17)4-6-12)15(20)19-14-7-2-10(16)8-13(14)18/h2-9H,1H3,(H,19,20)/t9-/m0/s1. The van der Waals surface area contributed by atoms with Crippen molar-refractivity contribution in [2.45, 2.75) is 13.0 Å². The predicted molar refractivity (Wildman–Crippen MR) is 76.5 cm³/mol. The molecule has 0 aliphatic heterocycles. The highest BCUT2D eigenvalue weighted by atomic mass is 35.5. The van der Waals surface area contributed by atoms with Crippen molar-refractivity contribution in [2.75, 3.05) is 5.32 Å². The molecule has 0 aliphatic carbocycles. The zero-order valence-electron chi connectivity index (χ0n) is 11.1. The highest BCUT2D eigenvalue weighted by molar-refractivity contribution is 6.30. The van der Waals surface area contributed by atoms with Crippen LogP contribution < -0.4 is 10.1 Å². The van der Waals surface area contributed by atoms with E-state index in [0.717, 1.165) is 6.07 Å². The molecule has 1 atom stereocenters. The second kappa shape index (κ2) is 6.54. The number of nitrogens with one attached hydrogen (secondary N) is 1. The van der Waals surface area contributed by atoms with Crippen molar-refractivity contribution in [1.29, 1.82) is 0 Å². The number of carbonyl (C=O) groups excluding carboxylic acids is 1. The summed E-state index contributed by atoms with van der Waals surface area (Å²) in [5, 5.41) is 2.63. The molecule has 0 aromatic heterocycles. The maximum atomic E-state index is 13.6. The summed E-state index contributed by atoms with van der Waals surface area (Å²) in [4.78, 5) is 11.9. The minimum atomic E-state index is -0.870. The van der Waals surface area contributed by atoms with Gasteiger partial charge in [0.25, 0.3) is 5.91 Å². The lowest BCUT2D eigenvalue weighted by atomic mass is 10.2.